The first kappa shape index (κ1) is 7.48. The van der Waals surface area contributed by atoms with E-state index in [0.29, 0.717) is 0 Å². The first-order valence-electron chi connectivity index (χ1n) is 3.19. The van der Waals surface area contributed by atoms with E-state index in [9.17, 15) is 0 Å². The van der Waals surface area contributed by atoms with Crippen LogP contribution < -0.4 is 0 Å². The third-order valence-electron chi connectivity index (χ3n) is 0.895. The van der Waals surface area contributed by atoms with Crippen LogP contribution in [0.4, 0.5) is 0 Å². The van der Waals surface area contributed by atoms with Gasteiger partial charge in [-0.15, -0.1) is 0 Å². The fraction of sp³-hybridized carbons (Fsp3) is 0.500. The molecule has 0 aliphatic rings. The predicted octanol–water partition coefficient (Wildman–Crippen LogP) is 2.92. The smallest absolute Gasteiger partial charge is 0.0350 e. The van der Waals surface area contributed by atoms with E-state index in [-0.39, 0.29) is 0 Å². The summed E-state index contributed by atoms with van der Waals surface area (Å²) in [5.41, 5.74) is 0. The lowest BCUT2D eigenvalue weighted by Gasteiger charge is -1.78. The van der Waals surface area contributed by atoms with Gasteiger partial charge in [-0.1, -0.05) is 37.6 Å². The van der Waals surface area contributed by atoms with Crippen molar-refractivity contribution < 1.29 is 0 Å². The molecule has 0 aliphatic carbocycles. The van der Waals surface area contributed by atoms with E-state index in [0.717, 1.165) is 0 Å². The standard InChI is InChI=1S/C8H14/c1-3-5-7-8-6-4-2/h3,5,7-8H,4,6H2,1-2H3/b5-3-,8-7-. The molecule has 0 unspecified atom stereocenters. The summed E-state index contributed by atoms with van der Waals surface area (Å²) in [6.45, 7) is 4.20. The Labute approximate surface area is 51.9 Å². The lowest BCUT2D eigenvalue weighted by molar-refractivity contribution is 0.959. The van der Waals surface area contributed by atoms with Gasteiger partial charge in [-0.05, 0) is 13.3 Å². The lowest BCUT2D eigenvalue weighted by atomic mass is 10.3. The van der Waals surface area contributed by atoms with Gasteiger partial charge in [-0.2, -0.15) is 0 Å². The second-order valence-corrected chi connectivity index (χ2v) is 1.74. The summed E-state index contributed by atoms with van der Waals surface area (Å²) in [5.74, 6) is 0. The van der Waals surface area contributed by atoms with Crippen LogP contribution in [0.2, 0.25) is 0 Å². The summed E-state index contributed by atoms with van der Waals surface area (Å²) >= 11 is 0. The molecule has 0 fully saturated rings. The molecule has 0 aliphatic heterocycles. The zero-order valence-corrected chi connectivity index (χ0v) is 5.72. The molecule has 0 bridgehead atoms. The first-order chi connectivity index (χ1) is 3.91. The third-order valence-corrected chi connectivity index (χ3v) is 0.895. The zero-order valence-electron chi connectivity index (χ0n) is 5.72. The van der Waals surface area contributed by atoms with Gasteiger partial charge in [0, 0.05) is 0 Å². The molecule has 46 valence electrons. The molecule has 8 heavy (non-hydrogen) atoms. The average Bonchev–Trinajstić information content (AvgIpc) is 1.81. The van der Waals surface area contributed by atoms with Crippen LogP contribution in [-0.4, -0.2) is 0 Å². The van der Waals surface area contributed by atoms with Crippen LogP contribution >= 0.6 is 0 Å². The fourth-order valence-corrected chi connectivity index (χ4v) is 0.453. The molecular weight excluding hydrogens is 96.1 g/mol. The van der Waals surface area contributed by atoms with Gasteiger partial charge in [0.1, 0.15) is 0 Å². The minimum absolute atomic E-state index is 1.20. The molecule has 0 atom stereocenters. The van der Waals surface area contributed by atoms with Crippen molar-refractivity contribution in [3.05, 3.63) is 24.3 Å². The van der Waals surface area contributed by atoms with E-state index in [2.05, 4.69) is 25.2 Å². The Morgan fingerprint density at radius 2 is 2.00 bits per heavy atom. The Morgan fingerprint density at radius 1 is 1.25 bits per heavy atom. The maximum absolute atomic E-state index is 2.18. The van der Waals surface area contributed by atoms with E-state index < -0.39 is 0 Å². The van der Waals surface area contributed by atoms with Crippen LogP contribution in [0.25, 0.3) is 0 Å². The normalized spacial score (nSPS) is 11.8. The average molecular weight is 110 g/mol. The van der Waals surface area contributed by atoms with E-state index in [1.165, 1.54) is 12.8 Å². The van der Waals surface area contributed by atoms with E-state index >= 15 is 0 Å². The molecule has 0 heteroatoms. The van der Waals surface area contributed by atoms with Crippen LogP contribution in [0.1, 0.15) is 26.7 Å². The van der Waals surface area contributed by atoms with Crippen molar-refractivity contribution in [1.82, 2.24) is 0 Å². The van der Waals surface area contributed by atoms with Gasteiger partial charge in [-0.3, -0.25) is 0 Å². The van der Waals surface area contributed by atoms with Crippen LogP contribution in [0.15, 0.2) is 24.3 Å². The molecule has 0 nitrogen and oxygen atoms in total. The Bertz CT molecular complexity index is 78.0. The topological polar surface area (TPSA) is 0 Å². The molecule has 0 amide bonds. The summed E-state index contributed by atoms with van der Waals surface area (Å²) in [4.78, 5) is 0. The molecule has 0 radical (unpaired) electrons. The highest BCUT2D eigenvalue weighted by atomic mass is 13.7. The first-order valence-corrected chi connectivity index (χ1v) is 3.19. The summed E-state index contributed by atoms with van der Waals surface area (Å²) in [7, 11) is 0. The Kier molecular flexibility index (Phi) is 6.06. The fourth-order valence-electron chi connectivity index (χ4n) is 0.453. The van der Waals surface area contributed by atoms with E-state index in [1.807, 2.05) is 13.0 Å². The van der Waals surface area contributed by atoms with Crippen molar-refractivity contribution in [3.63, 3.8) is 0 Å². The molecule has 0 rings (SSSR count). The highest BCUT2D eigenvalue weighted by molar-refractivity contribution is 5.00. The van der Waals surface area contributed by atoms with E-state index in [1.54, 1.807) is 0 Å². The van der Waals surface area contributed by atoms with Gasteiger partial charge in [-0.25, -0.2) is 0 Å². The number of allylic oxidation sites excluding steroid dienone is 4. The Hall–Kier alpha value is -0.520. The van der Waals surface area contributed by atoms with Crippen molar-refractivity contribution >= 4 is 0 Å². The third kappa shape index (κ3) is 5.48. The van der Waals surface area contributed by atoms with Crippen LogP contribution in [-0.2, 0) is 0 Å². The SMILES string of the molecule is C/C=C\C=C/CCC. The summed E-state index contributed by atoms with van der Waals surface area (Å²) in [6.07, 6.45) is 10.8. The molecule has 0 saturated carbocycles. The number of unbranched alkanes of at least 4 members (excludes halogenated alkanes) is 1. The minimum Gasteiger partial charge on any atom is -0.0877 e. The summed E-state index contributed by atoms with van der Waals surface area (Å²) < 4.78 is 0. The van der Waals surface area contributed by atoms with Crippen molar-refractivity contribution in [2.45, 2.75) is 26.7 Å². The lowest BCUT2D eigenvalue weighted by Crippen LogP contribution is -1.57. The largest absolute Gasteiger partial charge is 0.0877 e. The summed E-state index contributed by atoms with van der Waals surface area (Å²) in [5, 5.41) is 0. The predicted molar refractivity (Wildman–Crippen MR) is 38.9 cm³/mol. The van der Waals surface area contributed by atoms with Crippen molar-refractivity contribution in [2.75, 3.05) is 0 Å². The second-order valence-electron chi connectivity index (χ2n) is 1.74. The highest BCUT2D eigenvalue weighted by Gasteiger charge is 1.67. The van der Waals surface area contributed by atoms with Crippen molar-refractivity contribution in [1.29, 1.82) is 0 Å². The maximum Gasteiger partial charge on any atom is -0.0350 e. The van der Waals surface area contributed by atoms with Gasteiger partial charge in [0.25, 0.3) is 0 Å². The zero-order chi connectivity index (χ0) is 6.24. The molecule has 0 aromatic carbocycles. The molecule has 0 saturated heterocycles. The van der Waals surface area contributed by atoms with E-state index in [4.69, 9.17) is 0 Å². The number of hydrogen-bond acceptors (Lipinski definition) is 0. The quantitative estimate of drug-likeness (QED) is 0.490. The summed E-state index contributed by atoms with van der Waals surface area (Å²) in [6, 6.07) is 0. The molecule has 0 heterocycles. The van der Waals surface area contributed by atoms with Gasteiger partial charge in [0.05, 0.1) is 0 Å². The molecule has 0 aromatic heterocycles. The van der Waals surface area contributed by atoms with Crippen molar-refractivity contribution in [2.24, 2.45) is 0 Å². The van der Waals surface area contributed by atoms with Crippen LogP contribution in [0.3, 0.4) is 0 Å². The maximum atomic E-state index is 2.18. The minimum atomic E-state index is 1.20. The van der Waals surface area contributed by atoms with Gasteiger partial charge in [0.2, 0.25) is 0 Å². The van der Waals surface area contributed by atoms with Crippen LogP contribution in [0, 0.1) is 0 Å². The highest BCUT2D eigenvalue weighted by Crippen LogP contribution is 1.87. The van der Waals surface area contributed by atoms with Crippen molar-refractivity contribution in [3.8, 4) is 0 Å². The molecular formula is C8H14. The van der Waals surface area contributed by atoms with Gasteiger partial charge in [0.15, 0.2) is 0 Å². The Morgan fingerprint density at radius 3 is 2.50 bits per heavy atom. The second kappa shape index (κ2) is 6.48. The molecule has 0 aromatic rings. The van der Waals surface area contributed by atoms with Gasteiger partial charge >= 0.3 is 0 Å². The number of rotatable bonds is 3. The van der Waals surface area contributed by atoms with Gasteiger partial charge < -0.3 is 0 Å². The monoisotopic (exact) mass is 110 g/mol. The number of hydrogen-bond donors (Lipinski definition) is 0. The van der Waals surface area contributed by atoms with Crippen LogP contribution in [0.5, 0.6) is 0 Å². The Balaban J connectivity index is 3.07. The molecule has 0 N–H and O–H groups in total. The molecule has 0 spiro atoms.